The van der Waals surface area contributed by atoms with Gasteiger partial charge in [0.1, 0.15) is 10.0 Å². The molecule has 0 fully saturated rings. The molecule has 2 rings (SSSR count). The van der Waals surface area contributed by atoms with Gasteiger partial charge in [-0.2, -0.15) is 0 Å². The van der Waals surface area contributed by atoms with Gasteiger partial charge in [-0.1, -0.05) is 23.2 Å². The van der Waals surface area contributed by atoms with Gasteiger partial charge in [-0.3, -0.25) is 14.8 Å². The number of hydrogen-bond donors (Lipinski definition) is 1. The molecule has 0 aliphatic rings. The standard InChI is InChI=1S/C10H5Cl2FN2O4S2/c11-6-2-1-5(3-7(6)13)14-21(18,19)9-4-8(15(16)17)10(12)20-9/h1-4,14H. The first-order chi connectivity index (χ1) is 9.70. The number of anilines is 1. The summed E-state index contributed by atoms with van der Waals surface area (Å²) in [5.41, 5.74) is -0.576. The summed E-state index contributed by atoms with van der Waals surface area (Å²) in [6, 6.07) is 4.16. The number of nitrogens with zero attached hydrogens (tertiary/aromatic N) is 1. The zero-order chi connectivity index (χ0) is 15.8. The van der Waals surface area contributed by atoms with Crippen molar-refractivity contribution in [2.45, 2.75) is 4.21 Å². The Kier molecular flexibility index (Phi) is 4.38. The van der Waals surface area contributed by atoms with Gasteiger partial charge in [0.25, 0.3) is 15.7 Å². The van der Waals surface area contributed by atoms with Crippen molar-refractivity contribution in [3.63, 3.8) is 0 Å². The fourth-order valence-electron chi connectivity index (χ4n) is 1.36. The number of rotatable bonds is 4. The molecule has 1 N–H and O–H groups in total. The molecule has 0 radical (unpaired) electrons. The second kappa shape index (κ2) is 5.76. The van der Waals surface area contributed by atoms with E-state index in [1.165, 1.54) is 12.1 Å². The van der Waals surface area contributed by atoms with E-state index in [-0.39, 0.29) is 19.3 Å². The number of thiophene rings is 1. The predicted octanol–water partition coefficient (Wildman–Crippen LogP) is 3.90. The lowest BCUT2D eigenvalue weighted by Crippen LogP contribution is -2.11. The average Bonchev–Trinajstić information content (AvgIpc) is 2.77. The van der Waals surface area contributed by atoms with Crippen LogP contribution < -0.4 is 4.72 Å². The van der Waals surface area contributed by atoms with Gasteiger partial charge in [0.05, 0.1) is 15.6 Å². The van der Waals surface area contributed by atoms with Crippen molar-refractivity contribution < 1.29 is 17.7 Å². The van der Waals surface area contributed by atoms with Gasteiger partial charge in [0.15, 0.2) is 4.34 Å². The van der Waals surface area contributed by atoms with Crippen molar-refractivity contribution in [3.05, 3.63) is 49.6 Å². The fourth-order valence-corrected chi connectivity index (χ4v) is 4.19. The Morgan fingerprint density at radius 2 is 1.95 bits per heavy atom. The van der Waals surface area contributed by atoms with E-state index in [2.05, 4.69) is 4.72 Å². The number of halogens is 3. The summed E-state index contributed by atoms with van der Waals surface area (Å²) in [6.45, 7) is 0. The van der Waals surface area contributed by atoms with E-state index in [4.69, 9.17) is 23.2 Å². The topological polar surface area (TPSA) is 89.3 Å². The van der Waals surface area contributed by atoms with Gasteiger partial charge >= 0.3 is 0 Å². The molecule has 1 heterocycles. The lowest BCUT2D eigenvalue weighted by atomic mass is 10.3. The number of benzene rings is 1. The number of sulfonamides is 1. The van der Waals surface area contributed by atoms with Crippen molar-refractivity contribution in [2.75, 3.05) is 4.72 Å². The minimum absolute atomic E-state index is 0.0657. The van der Waals surface area contributed by atoms with Gasteiger partial charge in [-0.05, 0) is 18.2 Å². The first-order valence-corrected chi connectivity index (χ1v) is 8.18. The van der Waals surface area contributed by atoms with Crippen LogP contribution in [0.4, 0.5) is 15.8 Å². The molecule has 0 aliphatic carbocycles. The van der Waals surface area contributed by atoms with Crippen LogP contribution in [-0.4, -0.2) is 13.3 Å². The lowest BCUT2D eigenvalue weighted by Gasteiger charge is -2.06. The Bertz CT molecular complexity index is 822. The third-order valence-electron chi connectivity index (χ3n) is 2.28. The first-order valence-electron chi connectivity index (χ1n) is 5.12. The maximum absolute atomic E-state index is 13.3. The average molecular weight is 371 g/mol. The van der Waals surface area contributed by atoms with Crippen LogP contribution in [-0.2, 0) is 10.0 Å². The molecule has 112 valence electrons. The zero-order valence-corrected chi connectivity index (χ0v) is 13.0. The van der Waals surface area contributed by atoms with E-state index in [1.807, 2.05) is 0 Å². The molecule has 2 aromatic rings. The Labute approximate surface area is 132 Å². The molecular formula is C10H5Cl2FN2O4S2. The van der Waals surface area contributed by atoms with E-state index in [0.717, 1.165) is 12.1 Å². The summed E-state index contributed by atoms with van der Waals surface area (Å²) in [7, 11) is -4.11. The molecule has 11 heteroatoms. The molecule has 0 atom stereocenters. The molecule has 6 nitrogen and oxygen atoms in total. The monoisotopic (exact) mass is 370 g/mol. The molecule has 1 aromatic carbocycles. The molecule has 0 spiro atoms. The van der Waals surface area contributed by atoms with E-state index in [1.54, 1.807) is 0 Å². The van der Waals surface area contributed by atoms with Gasteiger partial charge in [-0.25, -0.2) is 12.8 Å². The normalized spacial score (nSPS) is 11.4. The fraction of sp³-hybridized carbons (Fsp3) is 0. The van der Waals surface area contributed by atoms with Crippen LogP contribution in [0.3, 0.4) is 0 Å². The minimum Gasteiger partial charge on any atom is -0.279 e. The molecular weight excluding hydrogens is 366 g/mol. The van der Waals surface area contributed by atoms with Crippen LogP contribution in [0.1, 0.15) is 0 Å². The second-order valence-corrected chi connectivity index (χ2v) is 7.69. The smallest absolute Gasteiger partial charge is 0.279 e. The second-order valence-electron chi connectivity index (χ2n) is 3.72. The highest BCUT2D eigenvalue weighted by molar-refractivity contribution is 7.94. The van der Waals surface area contributed by atoms with E-state index >= 15 is 0 Å². The Morgan fingerprint density at radius 3 is 2.48 bits per heavy atom. The Hall–Kier alpha value is -1.42. The lowest BCUT2D eigenvalue weighted by molar-refractivity contribution is -0.384. The van der Waals surface area contributed by atoms with Gasteiger partial charge in [-0.15, -0.1) is 11.3 Å². The van der Waals surface area contributed by atoms with Crippen LogP contribution in [0, 0.1) is 15.9 Å². The number of nitrogens with one attached hydrogen (secondary N) is 1. The summed E-state index contributed by atoms with van der Waals surface area (Å²) in [4.78, 5) is 9.86. The zero-order valence-electron chi connectivity index (χ0n) is 9.84. The van der Waals surface area contributed by atoms with Crippen molar-refractivity contribution >= 4 is 55.9 Å². The minimum atomic E-state index is -4.11. The van der Waals surface area contributed by atoms with Crippen molar-refractivity contribution in [1.29, 1.82) is 0 Å². The van der Waals surface area contributed by atoms with E-state index in [0.29, 0.717) is 11.3 Å². The van der Waals surface area contributed by atoms with Crippen LogP contribution in [0.2, 0.25) is 9.36 Å². The summed E-state index contributed by atoms with van der Waals surface area (Å²) in [5.74, 6) is -0.799. The number of hydrogen-bond acceptors (Lipinski definition) is 5. The maximum Gasteiger partial charge on any atom is 0.300 e. The molecule has 21 heavy (non-hydrogen) atoms. The van der Waals surface area contributed by atoms with Crippen LogP contribution in [0.25, 0.3) is 0 Å². The predicted molar refractivity (Wildman–Crippen MR) is 78.2 cm³/mol. The van der Waals surface area contributed by atoms with Crippen molar-refractivity contribution in [1.82, 2.24) is 0 Å². The van der Waals surface area contributed by atoms with Crippen LogP contribution in [0.5, 0.6) is 0 Å². The quantitative estimate of drug-likeness (QED) is 0.652. The van der Waals surface area contributed by atoms with Crippen molar-refractivity contribution in [2.24, 2.45) is 0 Å². The van der Waals surface area contributed by atoms with Gasteiger partial charge in [0.2, 0.25) is 0 Å². The molecule has 0 aliphatic heterocycles. The summed E-state index contributed by atoms with van der Waals surface area (Å²) in [5, 5.41) is 10.5. The SMILES string of the molecule is O=[N+]([O-])c1cc(S(=O)(=O)Nc2ccc(Cl)c(F)c2)sc1Cl. The van der Waals surface area contributed by atoms with Crippen LogP contribution >= 0.6 is 34.5 Å². The highest BCUT2D eigenvalue weighted by atomic mass is 35.5. The molecule has 0 amide bonds. The van der Waals surface area contributed by atoms with Gasteiger partial charge < -0.3 is 0 Å². The van der Waals surface area contributed by atoms with Crippen molar-refractivity contribution in [3.8, 4) is 0 Å². The molecule has 0 saturated heterocycles. The largest absolute Gasteiger partial charge is 0.300 e. The first kappa shape index (κ1) is 16.0. The van der Waals surface area contributed by atoms with Gasteiger partial charge in [0, 0.05) is 6.07 Å². The van der Waals surface area contributed by atoms with E-state index < -0.39 is 26.5 Å². The highest BCUT2D eigenvalue weighted by Gasteiger charge is 2.25. The number of nitro groups is 1. The third-order valence-corrected chi connectivity index (χ3v) is 5.78. The Balaban J connectivity index is 2.36. The molecule has 1 aromatic heterocycles. The summed E-state index contributed by atoms with van der Waals surface area (Å²) < 4.78 is 38.8. The Morgan fingerprint density at radius 1 is 1.29 bits per heavy atom. The molecule has 0 saturated carbocycles. The molecule has 0 unspecified atom stereocenters. The third kappa shape index (κ3) is 3.43. The summed E-state index contributed by atoms with van der Waals surface area (Å²) in [6.07, 6.45) is 0. The van der Waals surface area contributed by atoms with E-state index in [9.17, 15) is 22.9 Å². The molecule has 0 bridgehead atoms. The highest BCUT2D eigenvalue weighted by Crippen LogP contribution is 2.37. The maximum atomic E-state index is 13.3. The van der Waals surface area contributed by atoms with Crippen LogP contribution in [0.15, 0.2) is 28.5 Å². The summed E-state index contributed by atoms with van der Waals surface area (Å²) >= 11 is 11.6.